The summed E-state index contributed by atoms with van der Waals surface area (Å²) in [6, 6.07) is 2.90. The standard InChI is InChI=1S/C11H9ClO4S/c1-2-16-9-3-4-10-8(11(9)12)5-7(6-13)17(10,14)15/h3-4H,2,5H2,1H3. The molecule has 2 rings (SSSR count). The number of ether oxygens (including phenoxy) is 1. The number of allylic oxidation sites excluding steroid dienone is 1. The monoisotopic (exact) mass is 272 g/mol. The summed E-state index contributed by atoms with van der Waals surface area (Å²) in [5.41, 5.74) is 0.413. The maximum atomic E-state index is 11.8. The van der Waals surface area contributed by atoms with Crippen molar-refractivity contribution in [1.82, 2.24) is 0 Å². The van der Waals surface area contributed by atoms with Crippen LogP contribution in [-0.2, 0) is 21.1 Å². The molecule has 0 atom stereocenters. The van der Waals surface area contributed by atoms with E-state index in [2.05, 4.69) is 0 Å². The first-order valence-electron chi connectivity index (χ1n) is 4.95. The number of carbonyl (C=O) groups excluding carboxylic acids is 1. The Kier molecular flexibility index (Phi) is 3.00. The van der Waals surface area contributed by atoms with Gasteiger partial charge in [0.25, 0.3) is 0 Å². The Hall–Kier alpha value is -1.29. The molecule has 0 saturated carbocycles. The van der Waals surface area contributed by atoms with Crippen LogP contribution >= 0.6 is 11.6 Å². The maximum absolute atomic E-state index is 11.8. The fourth-order valence-electron chi connectivity index (χ4n) is 1.74. The van der Waals surface area contributed by atoms with Gasteiger partial charge in [0.2, 0.25) is 9.84 Å². The third-order valence-corrected chi connectivity index (χ3v) is 4.78. The van der Waals surface area contributed by atoms with E-state index in [9.17, 15) is 13.2 Å². The van der Waals surface area contributed by atoms with Gasteiger partial charge >= 0.3 is 0 Å². The van der Waals surface area contributed by atoms with Crippen molar-refractivity contribution in [1.29, 1.82) is 0 Å². The van der Waals surface area contributed by atoms with Gasteiger partial charge in [-0.05, 0) is 24.6 Å². The molecule has 1 heterocycles. The summed E-state index contributed by atoms with van der Waals surface area (Å²) in [5, 5.41) is 0.248. The third kappa shape index (κ3) is 1.76. The van der Waals surface area contributed by atoms with Crippen LogP contribution in [0.3, 0.4) is 0 Å². The van der Waals surface area contributed by atoms with E-state index in [1.54, 1.807) is 6.92 Å². The highest BCUT2D eigenvalue weighted by molar-refractivity contribution is 7.96. The smallest absolute Gasteiger partial charge is 0.213 e. The van der Waals surface area contributed by atoms with Crippen LogP contribution in [0.25, 0.3) is 0 Å². The van der Waals surface area contributed by atoms with Gasteiger partial charge in [-0.15, -0.1) is 0 Å². The first-order chi connectivity index (χ1) is 8.02. The second kappa shape index (κ2) is 4.18. The zero-order valence-corrected chi connectivity index (χ0v) is 10.6. The molecule has 0 radical (unpaired) electrons. The molecule has 0 bridgehead atoms. The molecule has 6 heteroatoms. The lowest BCUT2D eigenvalue weighted by molar-refractivity contribution is 0.340. The zero-order valence-electron chi connectivity index (χ0n) is 8.99. The molecule has 0 fully saturated rings. The quantitative estimate of drug-likeness (QED) is 0.770. The van der Waals surface area contributed by atoms with Gasteiger partial charge < -0.3 is 4.74 Å². The average molecular weight is 273 g/mol. The van der Waals surface area contributed by atoms with Crippen molar-refractivity contribution < 1.29 is 17.9 Å². The normalized spacial score (nSPS) is 16.5. The number of hydrogen-bond donors (Lipinski definition) is 0. The SMILES string of the molecule is CCOc1ccc2c(c1Cl)CC(=C=O)S2(=O)=O. The van der Waals surface area contributed by atoms with Gasteiger partial charge in [0, 0.05) is 6.42 Å². The fourth-order valence-corrected chi connectivity index (χ4v) is 3.54. The molecule has 0 N–H and O–H groups in total. The zero-order chi connectivity index (χ0) is 12.6. The van der Waals surface area contributed by atoms with E-state index >= 15 is 0 Å². The van der Waals surface area contributed by atoms with Gasteiger partial charge in [-0.1, -0.05) is 11.6 Å². The molecule has 1 aromatic rings. The summed E-state index contributed by atoms with van der Waals surface area (Å²) in [4.78, 5) is 10.4. The molecule has 0 unspecified atom stereocenters. The number of halogens is 1. The minimum Gasteiger partial charge on any atom is -0.492 e. The molecule has 0 amide bonds. The molecule has 0 aromatic heterocycles. The molecule has 0 aliphatic carbocycles. The Balaban J connectivity index is 2.67. The van der Waals surface area contributed by atoms with E-state index in [1.165, 1.54) is 18.1 Å². The van der Waals surface area contributed by atoms with Crippen LogP contribution in [0.15, 0.2) is 21.9 Å². The molecule has 0 spiro atoms. The van der Waals surface area contributed by atoms with Crippen LogP contribution in [-0.4, -0.2) is 21.0 Å². The maximum Gasteiger partial charge on any atom is 0.213 e. The molecule has 1 aliphatic heterocycles. The Bertz CT molecular complexity index is 627. The van der Waals surface area contributed by atoms with Crippen molar-refractivity contribution in [2.45, 2.75) is 18.2 Å². The Morgan fingerprint density at radius 1 is 1.47 bits per heavy atom. The molecule has 17 heavy (non-hydrogen) atoms. The van der Waals surface area contributed by atoms with Gasteiger partial charge in [-0.25, -0.2) is 13.2 Å². The van der Waals surface area contributed by atoms with E-state index in [0.717, 1.165) is 0 Å². The van der Waals surface area contributed by atoms with Gasteiger partial charge in [-0.2, -0.15) is 0 Å². The number of fused-ring (bicyclic) bond motifs is 1. The van der Waals surface area contributed by atoms with Crippen molar-refractivity contribution >= 4 is 27.4 Å². The van der Waals surface area contributed by atoms with Crippen molar-refractivity contribution in [3.8, 4) is 5.75 Å². The number of sulfone groups is 1. The summed E-state index contributed by atoms with van der Waals surface area (Å²) in [5.74, 6) is 1.89. The van der Waals surface area contributed by atoms with Crippen LogP contribution in [0.4, 0.5) is 0 Å². The first kappa shape index (κ1) is 12.2. The largest absolute Gasteiger partial charge is 0.492 e. The van der Waals surface area contributed by atoms with Crippen LogP contribution < -0.4 is 4.74 Å². The molecular weight excluding hydrogens is 264 g/mol. The topological polar surface area (TPSA) is 60.4 Å². The highest BCUT2D eigenvalue weighted by atomic mass is 35.5. The van der Waals surface area contributed by atoms with Gasteiger partial charge in [0.15, 0.2) is 0 Å². The average Bonchev–Trinajstić information content (AvgIpc) is 2.55. The number of rotatable bonds is 2. The van der Waals surface area contributed by atoms with E-state index in [4.69, 9.17) is 16.3 Å². The van der Waals surface area contributed by atoms with Crippen LogP contribution in [0.2, 0.25) is 5.02 Å². The Morgan fingerprint density at radius 3 is 2.76 bits per heavy atom. The first-order valence-corrected chi connectivity index (χ1v) is 6.81. The third-order valence-electron chi connectivity index (χ3n) is 2.53. The minimum absolute atomic E-state index is 0.0130. The second-order valence-corrected chi connectivity index (χ2v) is 5.81. The van der Waals surface area contributed by atoms with Crippen LogP contribution in [0, 0.1) is 0 Å². The minimum atomic E-state index is -3.70. The lowest BCUT2D eigenvalue weighted by atomic mass is 10.1. The predicted octanol–water partition coefficient (Wildman–Crippen LogP) is 1.78. The molecule has 0 saturated heterocycles. The van der Waals surface area contributed by atoms with Gasteiger partial charge in [-0.3, -0.25) is 0 Å². The van der Waals surface area contributed by atoms with E-state index in [-0.39, 0.29) is 21.2 Å². The summed E-state index contributed by atoms with van der Waals surface area (Å²) >= 11 is 6.05. The number of benzene rings is 1. The lowest BCUT2D eigenvalue weighted by Gasteiger charge is -2.08. The van der Waals surface area contributed by atoms with Crippen LogP contribution in [0.5, 0.6) is 5.75 Å². The lowest BCUT2D eigenvalue weighted by Crippen LogP contribution is -1.98. The second-order valence-electron chi connectivity index (χ2n) is 3.49. The molecule has 90 valence electrons. The van der Waals surface area contributed by atoms with Gasteiger partial charge in [0.1, 0.15) is 16.6 Å². The Morgan fingerprint density at radius 2 is 2.18 bits per heavy atom. The van der Waals surface area contributed by atoms with E-state index in [1.807, 2.05) is 0 Å². The molecule has 4 nitrogen and oxygen atoms in total. The highest BCUT2D eigenvalue weighted by Crippen LogP contribution is 2.41. The summed E-state index contributed by atoms with van der Waals surface area (Å²) in [6.07, 6.45) is -0.0130. The molecular formula is C11H9ClO4S. The number of hydrogen-bond acceptors (Lipinski definition) is 4. The van der Waals surface area contributed by atoms with Crippen molar-refractivity contribution in [2.75, 3.05) is 6.61 Å². The van der Waals surface area contributed by atoms with Crippen molar-refractivity contribution in [3.05, 3.63) is 27.6 Å². The molecule has 1 aromatic carbocycles. The van der Waals surface area contributed by atoms with Gasteiger partial charge in [0.05, 0.1) is 16.5 Å². The summed E-state index contributed by atoms with van der Waals surface area (Å²) in [6.45, 7) is 2.23. The summed E-state index contributed by atoms with van der Waals surface area (Å²) in [7, 11) is -3.70. The highest BCUT2D eigenvalue weighted by Gasteiger charge is 2.35. The Labute approximate surface area is 104 Å². The molecule has 1 aliphatic rings. The summed E-state index contributed by atoms with van der Waals surface area (Å²) < 4.78 is 28.9. The van der Waals surface area contributed by atoms with Crippen molar-refractivity contribution in [3.63, 3.8) is 0 Å². The van der Waals surface area contributed by atoms with Crippen LogP contribution in [0.1, 0.15) is 12.5 Å². The fraction of sp³-hybridized carbons (Fsp3) is 0.273. The van der Waals surface area contributed by atoms with E-state index in [0.29, 0.717) is 17.9 Å². The predicted molar refractivity (Wildman–Crippen MR) is 62.7 cm³/mol. The van der Waals surface area contributed by atoms with E-state index < -0.39 is 9.84 Å². The van der Waals surface area contributed by atoms with Crippen molar-refractivity contribution in [2.24, 2.45) is 0 Å².